The SMILES string of the molecule is Cc1ccc(COC(=O)N2CC[C@H](CNc3nccn4cnnc34)[C@H](F)C2)c(F)c1. The van der Waals surface area contributed by atoms with Crippen LogP contribution in [-0.4, -0.2) is 56.4 Å². The Morgan fingerprint density at radius 2 is 2.27 bits per heavy atom. The van der Waals surface area contributed by atoms with Gasteiger partial charge in [-0.05, 0) is 25.0 Å². The van der Waals surface area contributed by atoms with Crippen molar-refractivity contribution in [3.8, 4) is 0 Å². The standard InChI is InChI=1S/C20H22F2N6O2/c1-13-2-3-15(16(21)8-13)11-30-20(29)27-6-4-14(17(22)10-27)9-24-18-19-26-25-12-28(19)7-5-23-18/h2-3,5,7-8,12,14,17H,4,6,9-11H2,1H3,(H,23,24)/t14-,17-/m1/s1. The van der Waals surface area contributed by atoms with Gasteiger partial charge in [-0.2, -0.15) is 0 Å². The largest absolute Gasteiger partial charge is 0.444 e. The predicted octanol–water partition coefficient (Wildman–Crippen LogP) is 2.98. The number of hydrogen-bond acceptors (Lipinski definition) is 6. The van der Waals surface area contributed by atoms with Gasteiger partial charge in [-0.1, -0.05) is 12.1 Å². The maximum Gasteiger partial charge on any atom is 0.410 e. The third-order valence-electron chi connectivity index (χ3n) is 5.24. The quantitative estimate of drug-likeness (QED) is 0.688. The van der Waals surface area contributed by atoms with E-state index in [2.05, 4.69) is 20.5 Å². The Kier molecular flexibility index (Phi) is 5.73. The second-order valence-electron chi connectivity index (χ2n) is 7.38. The van der Waals surface area contributed by atoms with E-state index in [-0.39, 0.29) is 19.1 Å². The number of carbonyl (C=O) groups excluding carboxylic acids is 1. The summed E-state index contributed by atoms with van der Waals surface area (Å²) in [5.41, 5.74) is 1.64. The monoisotopic (exact) mass is 416 g/mol. The molecular formula is C20H22F2N6O2. The average Bonchev–Trinajstić information content (AvgIpc) is 3.21. The number of aryl methyl sites for hydroxylation is 1. The van der Waals surface area contributed by atoms with E-state index in [1.165, 1.54) is 11.0 Å². The van der Waals surface area contributed by atoms with Crippen LogP contribution in [0.15, 0.2) is 36.9 Å². The lowest BCUT2D eigenvalue weighted by molar-refractivity contribution is 0.0539. The third-order valence-corrected chi connectivity index (χ3v) is 5.24. The van der Waals surface area contributed by atoms with E-state index in [4.69, 9.17) is 4.74 Å². The number of amides is 1. The van der Waals surface area contributed by atoms with Gasteiger partial charge in [0.05, 0.1) is 6.54 Å². The Hall–Kier alpha value is -3.30. The lowest BCUT2D eigenvalue weighted by atomic mass is 9.95. The normalized spacial score (nSPS) is 19.1. The number of hydrogen-bond donors (Lipinski definition) is 1. The molecule has 0 aliphatic carbocycles. The molecule has 3 heterocycles. The van der Waals surface area contributed by atoms with E-state index in [9.17, 15) is 13.6 Å². The molecule has 0 unspecified atom stereocenters. The van der Waals surface area contributed by atoms with Crippen LogP contribution in [0.2, 0.25) is 0 Å². The highest BCUT2D eigenvalue weighted by Gasteiger charge is 2.32. The summed E-state index contributed by atoms with van der Waals surface area (Å²) in [7, 11) is 0. The van der Waals surface area contributed by atoms with Crippen LogP contribution in [-0.2, 0) is 11.3 Å². The van der Waals surface area contributed by atoms with Gasteiger partial charge in [-0.15, -0.1) is 10.2 Å². The van der Waals surface area contributed by atoms with Crippen molar-refractivity contribution in [1.82, 2.24) is 24.5 Å². The van der Waals surface area contributed by atoms with E-state index >= 15 is 0 Å². The van der Waals surface area contributed by atoms with E-state index in [1.54, 1.807) is 42.2 Å². The molecule has 1 amide bonds. The maximum absolute atomic E-state index is 14.7. The zero-order valence-electron chi connectivity index (χ0n) is 16.5. The van der Waals surface area contributed by atoms with Gasteiger partial charge in [0.15, 0.2) is 5.82 Å². The first-order chi connectivity index (χ1) is 14.5. The molecular weight excluding hydrogens is 394 g/mol. The smallest absolute Gasteiger partial charge is 0.410 e. The molecule has 0 spiro atoms. The van der Waals surface area contributed by atoms with Crippen molar-refractivity contribution in [2.24, 2.45) is 5.92 Å². The molecule has 10 heteroatoms. The zero-order chi connectivity index (χ0) is 21.1. The maximum atomic E-state index is 14.7. The fraction of sp³-hybridized carbons (Fsp3) is 0.400. The summed E-state index contributed by atoms with van der Waals surface area (Å²) < 4.78 is 35.5. The molecule has 30 heavy (non-hydrogen) atoms. The second kappa shape index (κ2) is 8.60. The molecule has 4 rings (SSSR count). The number of ether oxygens (including phenoxy) is 1. The first-order valence-electron chi connectivity index (χ1n) is 9.70. The van der Waals surface area contributed by atoms with Crippen LogP contribution < -0.4 is 5.32 Å². The summed E-state index contributed by atoms with van der Waals surface area (Å²) in [5.74, 6) is -0.176. The van der Waals surface area contributed by atoms with Gasteiger partial charge in [0.25, 0.3) is 0 Å². The molecule has 0 bridgehead atoms. The van der Waals surface area contributed by atoms with Crippen molar-refractivity contribution in [2.75, 3.05) is 25.0 Å². The molecule has 0 radical (unpaired) electrons. The number of piperidine rings is 1. The summed E-state index contributed by atoms with van der Waals surface area (Å²) in [6.45, 7) is 2.26. The topological polar surface area (TPSA) is 84.7 Å². The summed E-state index contributed by atoms with van der Waals surface area (Å²) in [6, 6.07) is 4.71. The number of benzene rings is 1. The summed E-state index contributed by atoms with van der Waals surface area (Å²) in [6.07, 6.45) is 3.52. The Morgan fingerprint density at radius 3 is 3.07 bits per heavy atom. The Morgan fingerprint density at radius 1 is 1.40 bits per heavy atom. The highest BCUT2D eigenvalue weighted by molar-refractivity contribution is 5.68. The first-order valence-corrected chi connectivity index (χ1v) is 9.70. The number of rotatable bonds is 5. The number of fused-ring (bicyclic) bond motifs is 1. The van der Waals surface area contributed by atoms with E-state index in [0.717, 1.165) is 5.56 Å². The number of nitrogens with zero attached hydrogens (tertiary/aromatic N) is 5. The lowest BCUT2D eigenvalue weighted by Gasteiger charge is -2.34. The number of carbonyl (C=O) groups is 1. The van der Waals surface area contributed by atoms with E-state index in [1.807, 2.05) is 0 Å². The number of alkyl halides is 1. The Labute approximate surface area is 171 Å². The molecule has 3 aromatic rings. The molecule has 1 aliphatic heterocycles. The van der Waals surface area contributed by atoms with Crippen LogP contribution in [0.3, 0.4) is 0 Å². The molecule has 2 aromatic heterocycles. The van der Waals surface area contributed by atoms with Gasteiger partial charge in [-0.3, -0.25) is 4.40 Å². The van der Waals surface area contributed by atoms with Crippen molar-refractivity contribution in [3.63, 3.8) is 0 Å². The number of halogens is 2. The molecule has 0 saturated carbocycles. The van der Waals surface area contributed by atoms with Crippen LogP contribution in [0.5, 0.6) is 0 Å². The highest BCUT2D eigenvalue weighted by atomic mass is 19.1. The van der Waals surface area contributed by atoms with Crippen LogP contribution in [0, 0.1) is 18.7 Å². The van der Waals surface area contributed by atoms with Crippen LogP contribution in [0.1, 0.15) is 17.5 Å². The number of anilines is 1. The molecule has 2 atom stereocenters. The Bertz CT molecular complexity index is 1040. The highest BCUT2D eigenvalue weighted by Crippen LogP contribution is 2.23. The molecule has 158 valence electrons. The lowest BCUT2D eigenvalue weighted by Crippen LogP contribution is -2.46. The average molecular weight is 416 g/mol. The van der Waals surface area contributed by atoms with Crippen molar-refractivity contribution in [2.45, 2.75) is 26.1 Å². The van der Waals surface area contributed by atoms with Crippen LogP contribution in [0.4, 0.5) is 19.4 Å². The molecule has 1 saturated heterocycles. The molecule has 8 nitrogen and oxygen atoms in total. The minimum Gasteiger partial charge on any atom is -0.444 e. The van der Waals surface area contributed by atoms with E-state index in [0.29, 0.717) is 36.5 Å². The van der Waals surface area contributed by atoms with Crippen molar-refractivity contribution in [1.29, 1.82) is 0 Å². The Balaban J connectivity index is 1.28. The van der Waals surface area contributed by atoms with Gasteiger partial charge < -0.3 is 15.0 Å². The van der Waals surface area contributed by atoms with Crippen LogP contribution >= 0.6 is 0 Å². The third kappa shape index (κ3) is 4.32. The van der Waals surface area contributed by atoms with E-state index < -0.39 is 18.1 Å². The van der Waals surface area contributed by atoms with Crippen molar-refractivity contribution < 1.29 is 18.3 Å². The minimum absolute atomic E-state index is 0.0654. The first kappa shape index (κ1) is 20.0. The summed E-state index contributed by atoms with van der Waals surface area (Å²) >= 11 is 0. The van der Waals surface area contributed by atoms with Crippen molar-refractivity contribution in [3.05, 3.63) is 53.9 Å². The summed E-state index contributed by atoms with van der Waals surface area (Å²) in [4.78, 5) is 17.8. The zero-order valence-corrected chi connectivity index (χ0v) is 16.5. The van der Waals surface area contributed by atoms with Gasteiger partial charge in [0.2, 0.25) is 5.65 Å². The number of aromatic nitrogens is 4. The van der Waals surface area contributed by atoms with Gasteiger partial charge >= 0.3 is 6.09 Å². The molecule has 1 fully saturated rings. The molecule has 1 aliphatic rings. The van der Waals surface area contributed by atoms with Gasteiger partial charge in [-0.25, -0.2) is 18.6 Å². The second-order valence-corrected chi connectivity index (χ2v) is 7.38. The van der Waals surface area contributed by atoms with Crippen molar-refractivity contribution >= 4 is 17.6 Å². The minimum atomic E-state index is -1.22. The van der Waals surface area contributed by atoms with Gasteiger partial charge in [0, 0.05) is 37.0 Å². The predicted molar refractivity (Wildman–Crippen MR) is 105 cm³/mol. The fourth-order valence-corrected chi connectivity index (χ4v) is 3.46. The van der Waals surface area contributed by atoms with Gasteiger partial charge in [0.1, 0.15) is 24.9 Å². The van der Waals surface area contributed by atoms with Crippen LogP contribution in [0.25, 0.3) is 5.65 Å². The molecule has 1 N–H and O–H groups in total. The fourth-order valence-electron chi connectivity index (χ4n) is 3.46. The number of nitrogens with one attached hydrogen (secondary N) is 1. The summed E-state index contributed by atoms with van der Waals surface area (Å²) in [5, 5.41) is 10.9. The molecule has 1 aromatic carbocycles. The number of likely N-dealkylation sites (tertiary alicyclic amines) is 1.